The molecule has 0 N–H and O–H groups in total. The number of aromatic nitrogens is 3. The first kappa shape index (κ1) is 14.4. The second kappa shape index (κ2) is 6.12. The van der Waals surface area contributed by atoms with E-state index in [2.05, 4.69) is 41.8 Å². The Morgan fingerprint density at radius 2 is 1.74 bits per heavy atom. The quantitative estimate of drug-likeness (QED) is 0.849. The minimum atomic E-state index is 0.630. The molecule has 2 aliphatic heterocycles. The van der Waals surface area contributed by atoms with Crippen molar-refractivity contribution < 1.29 is 0 Å². The summed E-state index contributed by atoms with van der Waals surface area (Å²) >= 11 is 0. The predicted molar refractivity (Wildman–Crippen MR) is 90.8 cm³/mol. The fraction of sp³-hybridized carbons (Fsp3) is 0.471. The maximum atomic E-state index is 4.51. The highest BCUT2D eigenvalue weighted by atomic mass is 15.4. The van der Waals surface area contributed by atoms with E-state index in [1.54, 1.807) is 0 Å². The Balaban J connectivity index is 1.29. The van der Waals surface area contributed by atoms with Crippen LogP contribution in [0.15, 0.2) is 36.7 Å². The molecule has 120 valence electrons. The molecule has 0 unspecified atom stereocenters. The van der Waals surface area contributed by atoms with Crippen LogP contribution in [0.3, 0.4) is 0 Å². The number of piperazine rings is 1. The predicted octanol–water partition coefficient (Wildman–Crippen LogP) is 1.19. The van der Waals surface area contributed by atoms with Gasteiger partial charge in [0.25, 0.3) is 0 Å². The van der Waals surface area contributed by atoms with Crippen molar-refractivity contribution in [2.45, 2.75) is 13.0 Å². The molecule has 0 saturated carbocycles. The van der Waals surface area contributed by atoms with Crippen LogP contribution < -0.4 is 9.80 Å². The second-order valence-electron chi connectivity index (χ2n) is 6.27. The van der Waals surface area contributed by atoms with E-state index in [4.69, 9.17) is 0 Å². The summed E-state index contributed by atoms with van der Waals surface area (Å²) in [6, 6.07) is 8.69. The van der Waals surface area contributed by atoms with Crippen LogP contribution in [0.5, 0.6) is 0 Å². The van der Waals surface area contributed by atoms with E-state index in [9.17, 15) is 0 Å². The first-order chi connectivity index (χ1) is 11.3. The van der Waals surface area contributed by atoms with Gasteiger partial charge < -0.3 is 9.80 Å². The van der Waals surface area contributed by atoms with Crippen LogP contribution in [0.2, 0.25) is 0 Å². The third kappa shape index (κ3) is 2.99. The van der Waals surface area contributed by atoms with Crippen LogP contribution >= 0.6 is 0 Å². The van der Waals surface area contributed by atoms with E-state index in [1.165, 1.54) is 0 Å². The summed E-state index contributed by atoms with van der Waals surface area (Å²) < 4.78 is 0. The third-order valence-electron chi connectivity index (χ3n) is 4.73. The Hall–Kier alpha value is -2.21. The Bertz CT molecular complexity index is 647. The number of aryl methyl sites for hydroxylation is 1. The average Bonchev–Trinajstić information content (AvgIpc) is 2.55. The van der Waals surface area contributed by atoms with Gasteiger partial charge in [-0.1, -0.05) is 6.07 Å². The number of hydrogen-bond acceptors (Lipinski definition) is 6. The van der Waals surface area contributed by atoms with Gasteiger partial charge in [-0.2, -0.15) is 0 Å². The van der Waals surface area contributed by atoms with Crippen LogP contribution in [0.25, 0.3) is 0 Å². The molecule has 2 aliphatic rings. The molecule has 6 nitrogen and oxygen atoms in total. The van der Waals surface area contributed by atoms with Crippen molar-refractivity contribution in [1.82, 2.24) is 19.9 Å². The second-order valence-corrected chi connectivity index (χ2v) is 6.27. The van der Waals surface area contributed by atoms with Gasteiger partial charge in [0.2, 0.25) is 5.95 Å². The minimum Gasteiger partial charge on any atom is -0.354 e. The summed E-state index contributed by atoms with van der Waals surface area (Å²) in [5.74, 6) is 1.96. The molecule has 23 heavy (non-hydrogen) atoms. The Morgan fingerprint density at radius 3 is 2.43 bits per heavy atom. The third-order valence-corrected chi connectivity index (χ3v) is 4.73. The topological polar surface area (TPSA) is 48.4 Å². The van der Waals surface area contributed by atoms with Gasteiger partial charge in [-0.25, -0.2) is 15.0 Å². The summed E-state index contributed by atoms with van der Waals surface area (Å²) in [5, 5.41) is 0. The monoisotopic (exact) mass is 310 g/mol. The number of anilines is 2. The Kier molecular flexibility index (Phi) is 3.83. The van der Waals surface area contributed by atoms with Crippen LogP contribution in [0.4, 0.5) is 11.8 Å². The van der Waals surface area contributed by atoms with Gasteiger partial charge in [-0.3, -0.25) is 4.90 Å². The van der Waals surface area contributed by atoms with Crippen molar-refractivity contribution in [2.24, 2.45) is 0 Å². The molecule has 2 aromatic heterocycles. The summed E-state index contributed by atoms with van der Waals surface area (Å²) in [5.41, 5.74) is 1.03. The molecule has 0 aromatic carbocycles. The molecule has 6 heteroatoms. The van der Waals surface area contributed by atoms with E-state index in [1.807, 2.05) is 31.5 Å². The first-order valence-corrected chi connectivity index (χ1v) is 8.24. The van der Waals surface area contributed by atoms with Gasteiger partial charge in [0.15, 0.2) is 0 Å². The lowest BCUT2D eigenvalue weighted by molar-refractivity contribution is 0.156. The van der Waals surface area contributed by atoms with Gasteiger partial charge in [-0.05, 0) is 25.1 Å². The molecule has 0 atom stereocenters. The highest BCUT2D eigenvalue weighted by Gasteiger charge is 2.34. The molecule has 0 amide bonds. The number of nitrogens with zero attached hydrogens (tertiary/aromatic N) is 6. The summed E-state index contributed by atoms with van der Waals surface area (Å²) in [6.45, 7) is 8.38. The average molecular weight is 310 g/mol. The first-order valence-electron chi connectivity index (χ1n) is 8.24. The zero-order chi connectivity index (χ0) is 15.6. The smallest absolute Gasteiger partial charge is 0.225 e. The molecule has 2 saturated heterocycles. The van der Waals surface area contributed by atoms with E-state index >= 15 is 0 Å². The standard InChI is InChI=1S/C17H22N6/c1-14-5-7-19-17(20-14)23-12-15(13-23)21-8-10-22(11-9-21)16-4-2-3-6-18-16/h2-7,15H,8-13H2,1H3. The zero-order valence-corrected chi connectivity index (χ0v) is 13.5. The molecule has 0 aliphatic carbocycles. The van der Waals surface area contributed by atoms with Gasteiger partial charge in [0.05, 0.1) is 0 Å². The largest absolute Gasteiger partial charge is 0.354 e. The molecule has 0 bridgehead atoms. The van der Waals surface area contributed by atoms with Crippen LogP contribution in [-0.4, -0.2) is 65.2 Å². The molecule has 4 heterocycles. The fourth-order valence-electron chi connectivity index (χ4n) is 3.29. The lowest BCUT2D eigenvalue weighted by Gasteiger charge is -2.48. The van der Waals surface area contributed by atoms with Crippen LogP contribution in [0, 0.1) is 6.92 Å². The minimum absolute atomic E-state index is 0.630. The summed E-state index contributed by atoms with van der Waals surface area (Å²) in [6.07, 6.45) is 3.71. The van der Waals surface area contributed by atoms with Gasteiger partial charge >= 0.3 is 0 Å². The molecule has 2 aromatic rings. The SMILES string of the molecule is Cc1ccnc(N2CC(N3CCN(c4ccccn4)CC3)C2)n1. The Labute approximate surface area is 136 Å². The van der Waals surface area contributed by atoms with Gasteiger partial charge in [-0.15, -0.1) is 0 Å². The van der Waals surface area contributed by atoms with Crippen molar-refractivity contribution in [3.8, 4) is 0 Å². The zero-order valence-electron chi connectivity index (χ0n) is 13.5. The van der Waals surface area contributed by atoms with E-state index < -0.39 is 0 Å². The van der Waals surface area contributed by atoms with Crippen molar-refractivity contribution in [1.29, 1.82) is 0 Å². The van der Waals surface area contributed by atoms with Crippen LogP contribution in [-0.2, 0) is 0 Å². The maximum absolute atomic E-state index is 4.51. The van der Waals surface area contributed by atoms with E-state index in [0.717, 1.165) is 56.7 Å². The molecule has 2 fully saturated rings. The van der Waals surface area contributed by atoms with E-state index in [-0.39, 0.29) is 0 Å². The molecular weight excluding hydrogens is 288 g/mol. The summed E-state index contributed by atoms with van der Waals surface area (Å²) in [7, 11) is 0. The highest BCUT2D eigenvalue weighted by molar-refractivity contribution is 5.39. The molecule has 0 spiro atoms. The molecule has 0 radical (unpaired) electrons. The normalized spacial score (nSPS) is 19.7. The summed E-state index contributed by atoms with van der Waals surface area (Å²) in [4.78, 5) is 20.6. The number of rotatable bonds is 3. The molecular formula is C17H22N6. The lowest BCUT2D eigenvalue weighted by Crippen LogP contribution is -2.63. The van der Waals surface area contributed by atoms with Crippen molar-refractivity contribution in [2.75, 3.05) is 49.1 Å². The van der Waals surface area contributed by atoms with Gasteiger partial charge in [0.1, 0.15) is 5.82 Å². The van der Waals surface area contributed by atoms with Gasteiger partial charge in [0, 0.05) is 63.4 Å². The lowest BCUT2D eigenvalue weighted by atomic mass is 10.1. The number of hydrogen-bond donors (Lipinski definition) is 0. The highest BCUT2D eigenvalue weighted by Crippen LogP contribution is 2.22. The van der Waals surface area contributed by atoms with Crippen LogP contribution in [0.1, 0.15) is 5.69 Å². The van der Waals surface area contributed by atoms with Crippen molar-refractivity contribution in [3.63, 3.8) is 0 Å². The molecule has 4 rings (SSSR count). The number of pyridine rings is 1. The van der Waals surface area contributed by atoms with Crippen molar-refractivity contribution >= 4 is 11.8 Å². The maximum Gasteiger partial charge on any atom is 0.225 e. The van der Waals surface area contributed by atoms with E-state index in [0.29, 0.717) is 6.04 Å². The fourth-order valence-corrected chi connectivity index (χ4v) is 3.29. The Morgan fingerprint density at radius 1 is 0.913 bits per heavy atom. The van der Waals surface area contributed by atoms with Crippen molar-refractivity contribution in [3.05, 3.63) is 42.4 Å².